The zero-order chi connectivity index (χ0) is 11.0. The number of hydrogen-bond acceptors (Lipinski definition) is 3. The molecule has 4 heteroatoms. The van der Waals surface area contributed by atoms with Crippen molar-refractivity contribution in [1.29, 1.82) is 0 Å². The SMILES string of the molecule is CN1C(=O)Cc2cc(C(S)CN)ccc21. The van der Waals surface area contributed by atoms with Crippen molar-refractivity contribution in [3.8, 4) is 0 Å². The number of carbonyl (C=O) groups excluding carboxylic acids is 1. The number of nitrogens with two attached hydrogens (primary N) is 1. The molecule has 80 valence electrons. The molecular weight excluding hydrogens is 208 g/mol. The van der Waals surface area contributed by atoms with E-state index < -0.39 is 0 Å². The summed E-state index contributed by atoms with van der Waals surface area (Å²) in [5.41, 5.74) is 8.71. The van der Waals surface area contributed by atoms with Crippen LogP contribution in [0.5, 0.6) is 0 Å². The lowest BCUT2D eigenvalue weighted by Crippen LogP contribution is -2.20. The molecule has 0 aliphatic carbocycles. The van der Waals surface area contributed by atoms with Crippen molar-refractivity contribution in [2.24, 2.45) is 5.73 Å². The molecule has 3 nitrogen and oxygen atoms in total. The molecule has 1 aromatic rings. The first kappa shape index (κ1) is 10.5. The Kier molecular flexibility index (Phi) is 2.71. The zero-order valence-electron chi connectivity index (χ0n) is 8.60. The fraction of sp³-hybridized carbons (Fsp3) is 0.364. The molecule has 2 N–H and O–H groups in total. The molecule has 1 aliphatic heterocycles. The van der Waals surface area contributed by atoms with Crippen LogP contribution in [0.3, 0.4) is 0 Å². The third-order valence-corrected chi connectivity index (χ3v) is 3.30. The van der Waals surface area contributed by atoms with Crippen LogP contribution < -0.4 is 10.6 Å². The number of rotatable bonds is 2. The Bertz CT molecular complexity index is 406. The van der Waals surface area contributed by atoms with Crippen LogP contribution in [0.25, 0.3) is 0 Å². The lowest BCUT2D eigenvalue weighted by Gasteiger charge is -2.12. The third kappa shape index (κ3) is 1.75. The average Bonchev–Trinajstić information content (AvgIpc) is 2.53. The van der Waals surface area contributed by atoms with Gasteiger partial charge in [-0.05, 0) is 17.2 Å². The van der Waals surface area contributed by atoms with Crippen LogP contribution in [-0.2, 0) is 11.2 Å². The van der Waals surface area contributed by atoms with Gasteiger partial charge in [-0.25, -0.2) is 0 Å². The van der Waals surface area contributed by atoms with E-state index in [1.165, 1.54) is 0 Å². The van der Waals surface area contributed by atoms with E-state index in [4.69, 9.17) is 5.73 Å². The number of thiol groups is 1. The molecule has 1 unspecified atom stereocenters. The summed E-state index contributed by atoms with van der Waals surface area (Å²) in [4.78, 5) is 13.2. The molecule has 0 aromatic heterocycles. The molecule has 0 bridgehead atoms. The second-order valence-electron chi connectivity index (χ2n) is 3.77. The summed E-state index contributed by atoms with van der Waals surface area (Å²) in [5, 5.41) is 0.0521. The summed E-state index contributed by atoms with van der Waals surface area (Å²) < 4.78 is 0. The van der Waals surface area contributed by atoms with Gasteiger partial charge < -0.3 is 10.6 Å². The molecule has 0 saturated carbocycles. The minimum absolute atomic E-state index is 0.0521. The van der Waals surface area contributed by atoms with Crippen molar-refractivity contribution in [3.63, 3.8) is 0 Å². The van der Waals surface area contributed by atoms with Crippen LogP contribution in [0.2, 0.25) is 0 Å². The molecule has 0 spiro atoms. The fourth-order valence-corrected chi connectivity index (χ4v) is 1.99. The van der Waals surface area contributed by atoms with Crippen molar-refractivity contribution in [2.45, 2.75) is 11.7 Å². The van der Waals surface area contributed by atoms with Crippen LogP contribution in [0.4, 0.5) is 5.69 Å². The van der Waals surface area contributed by atoms with Gasteiger partial charge in [0.25, 0.3) is 0 Å². The summed E-state index contributed by atoms with van der Waals surface area (Å²) >= 11 is 4.38. The summed E-state index contributed by atoms with van der Waals surface area (Å²) in [5.74, 6) is 0.144. The number of carbonyl (C=O) groups is 1. The Morgan fingerprint density at radius 1 is 1.60 bits per heavy atom. The highest BCUT2D eigenvalue weighted by Gasteiger charge is 2.24. The summed E-state index contributed by atoms with van der Waals surface area (Å²) in [6.07, 6.45) is 0.491. The maximum atomic E-state index is 11.5. The van der Waals surface area contributed by atoms with E-state index in [0.29, 0.717) is 13.0 Å². The maximum absolute atomic E-state index is 11.5. The van der Waals surface area contributed by atoms with Crippen molar-refractivity contribution in [2.75, 3.05) is 18.5 Å². The number of benzene rings is 1. The van der Waals surface area contributed by atoms with E-state index >= 15 is 0 Å². The van der Waals surface area contributed by atoms with Gasteiger partial charge >= 0.3 is 0 Å². The van der Waals surface area contributed by atoms with Crippen molar-refractivity contribution >= 4 is 24.2 Å². The van der Waals surface area contributed by atoms with E-state index in [0.717, 1.165) is 16.8 Å². The zero-order valence-corrected chi connectivity index (χ0v) is 9.50. The van der Waals surface area contributed by atoms with Gasteiger partial charge in [0.05, 0.1) is 6.42 Å². The van der Waals surface area contributed by atoms with Gasteiger partial charge in [0.1, 0.15) is 0 Å². The minimum Gasteiger partial charge on any atom is -0.329 e. The number of anilines is 1. The molecule has 0 saturated heterocycles. The summed E-state index contributed by atoms with van der Waals surface area (Å²) in [7, 11) is 1.80. The molecule has 1 amide bonds. The summed E-state index contributed by atoms with van der Waals surface area (Å²) in [6, 6.07) is 5.98. The second kappa shape index (κ2) is 3.87. The molecule has 1 heterocycles. The van der Waals surface area contributed by atoms with Gasteiger partial charge in [0, 0.05) is 24.5 Å². The van der Waals surface area contributed by atoms with Gasteiger partial charge in [0.15, 0.2) is 0 Å². The molecular formula is C11H14N2OS. The quantitative estimate of drug-likeness (QED) is 0.737. The monoisotopic (exact) mass is 222 g/mol. The molecule has 15 heavy (non-hydrogen) atoms. The normalized spacial score (nSPS) is 16.7. The minimum atomic E-state index is 0.0521. The van der Waals surface area contributed by atoms with E-state index in [1.54, 1.807) is 11.9 Å². The van der Waals surface area contributed by atoms with Gasteiger partial charge in [-0.1, -0.05) is 12.1 Å². The van der Waals surface area contributed by atoms with Gasteiger partial charge in [-0.15, -0.1) is 0 Å². The van der Waals surface area contributed by atoms with Gasteiger partial charge in [-0.2, -0.15) is 12.6 Å². The first-order valence-electron chi connectivity index (χ1n) is 4.91. The highest BCUT2D eigenvalue weighted by molar-refractivity contribution is 7.80. The Morgan fingerprint density at radius 2 is 2.33 bits per heavy atom. The molecule has 1 aliphatic rings. The highest BCUT2D eigenvalue weighted by atomic mass is 32.1. The Hall–Kier alpha value is -1.00. The molecule has 1 aromatic carbocycles. The number of nitrogens with zero attached hydrogens (tertiary/aromatic N) is 1. The van der Waals surface area contributed by atoms with Gasteiger partial charge in [0.2, 0.25) is 5.91 Å². The molecule has 0 radical (unpaired) electrons. The van der Waals surface area contributed by atoms with Crippen molar-refractivity contribution in [3.05, 3.63) is 29.3 Å². The summed E-state index contributed by atoms with van der Waals surface area (Å²) in [6.45, 7) is 0.506. The highest BCUT2D eigenvalue weighted by Crippen LogP contribution is 2.31. The van der Waals surface area contributed by atoms with E-state index in [2.05, 4.69) is 12.6 Å². The van der Waals surface area contributed by atoms with E-state index in [9.17, 15) is 4.79 Å². The molecule has 1 atom stereocenters. The lowest BCUT2D eigenvalue weighted by molar-refractivity contribution is -0.117. The molecule has 0 fully saturated rings. The number of amides is 1. The average molecular weight is 222 g/mol. The predicted octanol–water partition coefficient (Wildman–Crippen LogP) is 1.14. The van der Waals surface area contributed by atoms with Crippen molar-refractivity contribution < 1.29 is 4.79 Å². The number of hydrogen-bond donors (Lipinski definition) is 2. The van der Waals surface area contributed by atoms with Gasteiger partial charge in [-0.3, -0.25) is 4.79 Å². The van der Waals surface area contributed by atoms with Crippen LogP contribution in [0, 0.1) is 0 Å². The second-order valence-corrected chi connectivity index (χ2v) is 4.39. The van der Waals surface area contributed by atoms with Crippen LogP contribution >= 0.6 is 12.6 Å². The molecule has 2 rings (SSSR count). The third-order valence-electron chi connectivity index (χ3n) is 2.79. The Morgan fingerprint density at radius 3 is 3.00 bits per heavy atom. The van der Waals surface area contributed by atoms with Crippen LogP contribution in [-0.4, -0.2) is 19.5 Å². The largest absolute Gasteiger partial charge is 0.329 e. The van der Waals surface area contributed by atoms with Crippen LogP contribution in [0.1, 0.15) is 16.4 Å². The lowest BCUT2D eigenvalue weighted by atomic mass is 10.1. The Balaban J connectivity index is 2.37. The smallest absolute Gasteiger partial charge is 0.231 e. The topological polar surface area (TPSA) is 46.3 Å². The number of fused-ring (bicyclic) bond motifs is 1. The van der Waals surface area contributed by atoms with Crippen molar-refractivity contribution in [1.82, 2.24) is 0 Å². The fourth-order valence-electron chi connectivity index (χ4n) is 1.83. The first-order valence-corrected chi connectivity index (χ1v) is 5.42. The predicted molar refractivity (Wildman–Crippen MR) is 64.3 cm³/mol. The first-order chi connectivity index (χ1) is 7.13. The van der Waals surface area contributed by atoms with Crippen LogP contribution in [0.15, 0.2) is 18.2 Å². The standard InChI is InChI=1S/C11H14N2OS/c1-13-9-3-2-7(10(15)6-12)4-8(9)5-11(13)14/h2-4,10,15H,5-6,12H2,1H3. The van der Waals surface area contributed by atoms with E-state index in [-0.39, 0.29) is 11.2 Å². The maximum Gasteiger partial charge on any atom is 0.231 e. The Labute approximate surface area is 94.7 Å². The van der Waals surface area contributed by atoms with E-state index in [1.807, 2.05) is 18.2 Å². The number of likely N-dealkylation sites (N-methyl/N-ethyl adjacent to an activating group) is 1.